The monoisotopic (exact) mass is 634 g/mol. The fourth-order valence-electron chi connectivity index (χ4n) is 5.17. The highest BCUT2D eigenvalue weighted by atomic mass is 35.5. The number of anilines is 1. The van der Waals surface area contributed by atoms with Crippen LogP contribution in [0.5, 0.6) is 11.5 Å². The van der Waals surface area contributed by atoms with Crippen molar-refractivity contribution in [3.05, 3.63) is 46.1 Å². The lowest BCUT2D eigenvalue weighted by Gasteiger charge is -2.40. The van der Waals surface area contributed by atoms with E-state index in [1.807, 2.05) is 5.32 Å². The Labute approximate surface area is 250 Å². The average Bonchev–Trinajstić information content (AvgIpc) is 3.17. The lowest BCUT2D eigenvalue weighted by atomic mass is 9.96. The Morgan fingerprint density at radius 1 is 1.10 bits per heavy atom. The van der Waals surface area contributed by atoms with Crippen molar-refractivity contribution in [1.29, 1.82) is 0 Å². The van der Waals surface area contributed by atoms with Gasteiger partial charge in [0.25, 0.3) is 11.8 Å². The fourth-order valence-corrected chi connectivity index (χ4v) is 5.64. The van der Waals surface area contributed by atoms with Crippen LogP contribution in [0, 0.1) is 0 Å². The molecule has 0 aliphatic carbocycles. The van der Waals surface area contributed by atoms with Crippen LogP contribution in [-0.4, -0.2) is 76.4 Å². The number of fused-ring (bicyclic) bond motifs is 2. The van der Waals surface area contributed by atoms with Crippen LogP contribution in [0.2, 0.25) is 10.0 Å². The van der Waals surface area contributed by atoms with Gasteiger partial charge in [-0.05, 0) is 57.7 Å². The van der Waals surface area contributed by atoms with Gasteiger partial charge in [0.15, 0.2) is 11.9 Å². The number of nitrogens with one attached hydrogen (secondary N) is 2. The molecule has 2 aliphatic rings. The molecule has 0 radical (unpaired) electrons. The molecule has 2 amide bonds. The first kappa shape index (κ1) is 31.9. The maximum atomic E-state index is 13.3. The Kier molecular flexibility index (Phi) is 9.65. The molecule has 230 valence electrons. The molecule has 2 fully saturated rings. The number of aromatic nitrogens is 1. The van der Waals surface area contributed by atoms with Gasteiger partial charge >= 0.3 is 6.18 Å². The lowest BCUT2D eigenvalue weighted by molar-refractivity contribution is -0.135. The molecule has 2 atom stereocenters. The normalized spacial score (nSPS) is 20.4. The second kappa shape index (κ2) is 12.7. The summed E-state index contributed by atoms with van der Waals surface area (Å²) in [7, 11) is 0. The molecule has 0 spiro atoms. The number of carbonyl (C=O) groups is 2. The van der Waals surface area contributed by atoms with E-state index in [4.69, 9.17) is 42.9 Å². The Morgan fingerprint density at radius 2 is 1.74 bits per heavy atom. The van der Waals surface area contributed by atoms with Gasteiger partial charge in [0.05, 0.1) is 15.6 Å². The molecule has 2 bridgehead atoms. The molecule has 15 heteroatoms. The van der Waals surface area contributed by atoms with Crippen molar-refractivity contribution in [1.82, 2.24) is 15.6 Å². The number of halogens is 5. The number of benzene rings is 1. The molecule has 1 aromatic heterocycles. The highest BCUT2D eigenvalue weighted by Crippen LogP contribution is 2.40. The largest absolute Gasteiger partial charge is 0.487 e. The van der Waals surface area contributed by atoms with Gasteiger partial charge in [-0.2, -0.15) is 13.2 Å². The number of pyridine rings is 1. The minimum absolute atomic E-state index is 0.0326. The van der Waals surface area contributed by atoms with Crippen LogP contribution in [0.1, 0.15) is 49.9 Å². The summed E-state index contributed by atoms with van der Waals surface area (Å²) in [4.78, 5) is 31.8. The highest BCUT2D eigenvalue weighted by molar-refractivity contribution is 6.36. The van der Waals surface area contributed by atoms with Crippen molar-refractivity contribution >= 4 is 40.8 Å². The van der Waals surface area contributed by atoms with Crippen molar-refractivity contribution in [3.63, 3.8) is 0 Å². The zero-order chi connectivity index (χ0) is 30.8. The third kappa shape index (κ3) is 7.88. The molecule has 2 aromatic rings. The van der Waals surface area contributed by atoms with Gasteiger partial charge in [-0.15, -0.1) is 0 Å². The Morgan fingerprint density at radius 3 is 2.31 bits per heavy atom. The number of piperidine rings is 1. The predicted octanol–water partition coefficient (Wildman–Crippen LogP) is 3.84. The summed E-state index contributed by atoms with van der Waals surface area (Å²) in [6.45, 7) is 1.33. The zero-order valence-corrected chi connectivity index (χ0v) is 24.3. The molecule has 42 heavy (non-hydrogen) atoms. The number of rotatable bonds is 10. The maximum Gasteiger partial charge on any atom is 0.405 e. The quantitative estimate of drug-likeness (QED) is 0.290. The molecule has 2 unspecified atom stereocenters. The first-order valence-electron chi connectivity index (χ1n) is 13.2. The second-order valence-corrected chi connectivity index (χ2v) is 11.6. The molecule has 10 nitrogen and oxygen atoms in total. The highest BCUT2D eigenvalue weighted by Gasteiger charge is 2.43. The lowest BCUT2D eigenvalue weighted by Crippen LogP contribution is -2.55. The number of alkyl halides is 3. The number of aliphatic hydroxyl groups is 2. The molecule has 2 saturated heterocycles. The van der Waals surface area contributed by atoms with Gasteiger partial charge in [0, 0.05) is 30.4 Å². The summed E-state index contributed by atoms with van der Waals surface area (Å²) in [6.07, 6.45) is -1.93. The first-order chi connectivity index (χ1) is 19.6. The van der Waals surface area contributed by atoms with E-state index in [2.05, 4.69) is 15.2 Å². The standard InChI is InChI=1S/C27H31Cl2F3N4O6/c1-26(2,42-21-10-20(41-12-23(37)38)18(28)9-19(21)29)25(40)35-15-7-16-4-5-17(8-15)36(16)22-6-3-14(11-33-22)24(39)34-13-27(30,31)32/h3,6,9-11,15-17,23,37-38H,4-5,7-8,12-13H2,1-2H3,(H,34,39)(H,35,40). The number of amides is 2. The number of nitrogens with zero attached hydrogens (tertiary/aromatic N) is 2. The summed E-state index contributed by atoms with van der Waals surface area (Å²) < 4.78 is 48.4. The van der Waals surface area contributed by atoms with Gasteiger partial charge in [-0.3, -0.25) is 9.59 Å². The number of carbonyl (C=O) groups excluding carboxylic acids is 2. The Hall–Kier alpha value is -3.00. The molecular weight excluding hydrogens is 604 g/mol. The predicted molar refractivity (Wildman–Crippen MR) is 148 cm³/mol. The van der Waals surface area contributed by atoms with Crippen molar-refractivity contribution in [3.8, 4) is 11.5 Å². The molecular formula is C27H31Cl2F3N4O6. The van der Waals surface area contributed by atoms with E-state index in [1.165, 1.54) is 24.4 Å². The molecule has 3 heterocycles. The molecule has 4 rings (SSSR count). The van der Waals surface area contributed by atoms with Crippen molar-refractivity contribution in [2.75, 3.05) is 18.1 Å². The summed E-state index contributed by atoms with van der Waals surface area (Å²) in [6, 6.07) is 5.82. The van der Waals surface area contributed by atoms with Crippen LogP contribution in [0.25, 0.3) is 0 Å². The number of aliphatic hydroxyl groups excluding tert-OH is 1. The van der Waals surface area contributed by atoms with Crippen LogP contribution in [0.15, 0.2) is 30.5 Å². The van der Waals surface area contributed by atoms with E-state index in [0.717, 1.165) is 12.8 Å². The number of ether oxygens (including phenoxy) is 2. The zero-order valence-electron chi connectivity index (χ0n) is 22.8. The smallest absolute Gasteiger partial charge is 0.405 e. The van der Waals surface area contributed by atoms with E-state index < -0.39 is 37.1 Å². The van der Waals surface area contributed by atoms with Crippen LogP contribution < -0.4 is 25.0 Å². The number of hydrogen-bond acceptors (Lipinski definition) is 8. The minimum Gasteiger partial charge on any atom is -0.487 e. The van der Waals surface area contributed by atoms with Gasteiger partial charge < -0.3 is 35.2 Å². The topological polar surface area (TPSA) is 133 Å². The van der Waals surface area contributed by atoms with Gasteiger partial charge in [0.2, 0.25) is 0 Å². The molecule has 0 saturated carbocycles. The van der Waals surface area contributed by atoms with Crippen molar-refractivity contribution in [2.24, 2.45) is 0 Å². The SMILES string of the molecule is CC(C)(Oc1cc(OCC(O)O)c(Cl)cc1Cl)C(=O)NC1CC2CCC(C1)N2c1ccc(C(=O)NCC(F)(F)F)cn1. The minimum atomic E-state index is -4.50. The fraction of sp³-hybridized carbons (Fsp3) is 0.519. The van der Waals surface area contributed by atoms with E-state index in [1.54, 1.807) is 19.9 Å². The molecule has 1 aromatic carbocycles. The Balaban J connectivity index is 1.36. The molecule has 2 aliphatic heterocycles. The Bertz CT molecular complexity index is 1280. The van der Waals surface area contributed by atoms with E-state index >= 15 is 0 Å². The van der Waals surface area contributed by atoms with Crippen LogP contribution in [0.4, 0.5) is 19.0 Å². The van der Waals surface area contributed by atoms with Crippen LogP contribution in [-0.2, 0) is 4.79 Å². The summed E-state index contributed by atoms with van der Waals surface area (Å²) in [5.74, 6) is -0.374. The molecule has 4 N–H and O–H groups in total. The van der Waals surface area contributed by atoms with Gasteiger partial charge in [-0.25, -0.2) is 4.98 Å². The van der Waals surface area contributed by atoms with Gasteiger partial charge in [-0.1, -0.05) is 23.2 Å². The van der Waals surface area contributed by atoms with Crippen LogP contribution >= 0.6 is 23.2 Å². The van der Waals surface area contributed by atoms with Crippen LogP contribution in [0.3, 0.4) is 0 Å². The first-order valence-corrected chi connectivity index (χ1v) is 14.0. The summed E-state index contributed by atoms with van der Waals surface area (Å²) >= 11 is 12.4. The van der Waals surface area contributed by atoms with E-state index in [0.29, 0.717) is 18.7 Å². The maximum absolute atomic E-state index is 13.3. The second-order valence-electron chi connectivity index (χ2n) is 10.8. The summed E-state index contributed by atoms with van der Waals surface area (Å²) in [5.41, 5.74) is -1.31. The van der Waals surface area contributed by atoms with E-state index in [-0.39, 0.29) is 51.1 Å². The average molecular weight is 635 g/mol. The van der Waals surface area contributed by atoms with Gasteiger partial charge in [0.1, 0.15) is 30.5 Å². The summed E-state index contributed by atoms with van der Waals surface area (Å²) in [5, 5.41) is 23.3. The third-order valence-corrected chi connectivity index (χ3v) is 7.67. The third-order valence-electron chi connectivity index (χ3n) is 7.08. The van der Waals surface area contributed by atoms with Crippen molar-refractivity contribution in [2.45, 2.75) is 75.7 Å². The number of hydrogen-bond donors (Lipinski definition) is 4. The van der Waals surface area contributed by atoms with Crippen molar-refractivity contribution < 1.29 is 42.4 Å². The van der Waals surface area contributed by atoms with E-state index in [9.17, 15) is 22.8 Å².